The highest BCUT2D eigenvalue weighted by atomic mass is 16.7. The van der Waals surface area contributed by atoms with E-state index in [2.05, 4.69) is 5.16 Å². The minimum Gasteiger partial charge on any atom is -0.472 e. The molecule has 0 spiro atoms. The Labute approximate surface area is 92.7 Å². The van der Waals surface area contributed by atoms with Gasteiger partial charge >= 0.3 is 0 Å². The van der Waals surface area contributed by atoms with Crippen LogP contribution >= 0.6 is 0 Å². The molecule has 0 saturated carbocycles. The molecular weight excluding hydrogens is 208 g/mol. The maximum Gasteiger partial charge on any atom is 0.225 e. The van der Waals surface area contributed by atoms with Crippen LogP contribution in [0.4, 0.5) is 0 Å². The summed E-state index contributed by atoms with van der Waals surface area (Å²) in [5.41, 5.74) is 1.77. The molecule has 0 N–H and O–H groups in total. The number of carbonyl (C=O) groups is 1. The summed E-state index contributed by atoms with van der Waals surface area (Å²) in [6, 6.07) is 1.84. The van der Waals surface area contributed by atoms with E-state index < -0.39 is 0 Å². The molecule has 1 aromatic rings. The van der Waals surface area contributed by atoms with Gasteiger partial charge in [0.2, 0.25) is 12.1 Å². The predicted octanol–water partition coefficient (Wildman–Crippen LogP) is 1.35. The van der Waals surface area contributed by atoms with E-state index in [9.17, 15) is 4.79 Å². The van der Waals surface area contributed by atoms with Crippen LogP contribution < -0.4 is 0 Å². The first-order valence-electron chi connectivity index (χ1n) is 5.39. The monoisotopic (exact) mass is 220 g/mol. The van der Waals surface area contributed by atoms with Crippen LogP contribution in [-0.4, -0.2) is 29.3 Å². The number of likely N-dealkylation sites (tertiary alicyclic amines) is 1. The summed E-state index contributed by atoms with van der Waals surface area (Å²) in [6.45, 7) is 0.775. The van der Waals surface area contributed by atoms with Crippen molar-refractivity contribution in [1.29, 1.82) is 0 Å². The third-order valence-electron chi connectivity index (χ3n) is 2.96. The van der Waals surface area contributed by atoms with E-state index in [0.717, 1.165) is 24.2 Å². The zero-order valence-corrected chi connectivity index (χ0v) is 8.76. The van der Waals surface area contributed by atoms with Crippen LogP contribution in [0.15, 0.2) is 28.2 Å². The van der Waals surface area contributed by atoms with E-state index >= 15 is 0 Å². The Morgan fingerprint density at radius 3 is 3.12 bits per heavy atom. The van der Waals surface area contributed by atoms with Crippen molar-refractivity contribution < 1.29 is 14.0 Å². The average Bonchev–Trinajstić information content (AvgIpc) is 2.96. The van der Waals surface area contributed by atoms with Gasteiger partial charge < -0.3 is 14.2 Å². The summed E-state index contributed by atoms with van der Waals surface area (Å²) < 4.78 is 4.99. The van der Waals surface area contributed by atoms with Crippen molar-refractivity contribution in [3.8, 4) is 0 Å². The van der Waals surface area contributed by atoms with Crippen molar-refractivity contribution in [3.63, 3.8) is 0 Å². The van der Waals surface area contributed by atoms with Crippen molar-refractivity contribution in [1.82, 2.24) is 4.90 Å². The fourth-order valence-electron chi connectivity index (χ4n) is 2.10. The second-order valence-corrected chi connectivity index (χ2v) is 4.00. The Morgan fingerprint density at radius 1 is 1.50 bits per heavy atom. The zero-order valence-electron chi connectivity index (χ0n) is 8.76. The van der Waals surface area contributed by atoms with E-state index in [-0.39, 0.29) is 12.1 Å². The van der Waals surface area contributed by atoms with Crippen molar-refractivity contribution >= 4 is 11.6 Å². The van der Waals surface area contributed by atoms with Gasteiger partial charge in [-0.15, -0.1) is 0 Å². The van der Waals surface area contributed by atoms with Crippen LogP contribution in [0.2, 0.25) is 0 Å². The molecule has 0 radical (unpaired) electrons. The van der Waals surface area contributed by atoms with Gasteiger partial charge in [-0.3, -0.25) is 4.79 Å². The smallest absolute Gasteiger partial charge is 0.225 e. The molecule has 1 fully saturated rings. The maximum atomic E-state index is 11.5. The van der Waals surface area contributed by atoms with Gasteiger partial charge in [0, 0.05) is 18.5 Å². The molecule has 0 aromatic carbocycles. The summed E-state index contributed by atoms with van der Waals surface area (Å²) in [6.07, 6.45) is 5.20. The molecule has 3 heterocycles. The molecule has 16 heavy (non-hydrogen) atoms. The Kier molecular flexibility index (Phi) is 2.16. The Balaban J connectivity index is 1.70. The van der Waals surface area contributed by atoms with Crippen molar-refractivity contribution in [2.75, 3.05) is 6.54 Å². The third-order valence-corrected chi connectivity index (χ3v) is 2.96. The molecule has 1 unspecified atom stereocenters. The predicted molar refractivity (Wildman–Crippen MR) is 55.7 cm³/mol. The summed E-state index contributed by atoms with van der Waals surface area (Å²) >= 11 is 0. The van der Waals surface area contributed by atoms with Crippen LogP contribution in [0.5, 0.6) is 0 Å². The SMILES string of the molecule is O=C1CCCN1C1CC(c2ccoc2)=NO1. The minimum absolute atomic E-state index is 0.161. The lowest BCUT2D eigenvalue weighted by atomic mass is 10.1. The van der Waals surface area contributed by atoms with Crippen molar-refractivity contribution in [3.05, 3.63) is 24.2 Å². The van der Waals surface area contributed by atoms with Crippen LogP contribution in [0.1, 0.15) is 24.8 Å². The molecule has 5 nitrogen and oxygen atoms in total. The molecule has 5 heteroatoms. The average molecular weight is 220 g/mol. The first-order valence-corrected chi connectivity index (χ1v) is 5.39. The summed E-state index contributed by atoms with van der Waals surface area (Å²) in [5, 5.41) is 4.00. The molecule has 1 aromatic heterocycles. The van der Waals surface area contributed by atoms with Crippen molar-refractivity contribution in [2.45, 2.75) is 25.5 Å². The normalized spacial score (nSPS) is 24.8. The number of hydrogen-bond acceptors (Lipinski definition) is 4. The van der Waals surface area contributed by atoms with Gasteiger partial charge in [-0.25, -0.2) is 0 Å². The number of oxime groups is 1. The molecule has 1 atom stereocenters. The van der Waals surface area contributed by atoms with Crippen LogP contribution in [0, 0.1) is 0 Å². The van der Waals surface area contributed by atoms with Gasteiger partial charge in [0.1, 0.15) is 0 Å². The lowest BCUT2D eigenvalue weighted by molar-refractivity contribution is -0.138. The molecule has 0 bridgehead atoms. The van der Waals surface area contributed by atoms with Gasteiger partial charge in [0.05, 0.1) is 24.7 Å². The summed E-state index contributed by atoms with van der Waals surface area (Å²) in [5.74, 6) is 0.161. The van der Waals surface area contributed by atoms with Gasteiger partial charge in [0.25, 0.3) is 0 Å². The Hall–Kier alpha value is -1.78. The van der Waals surface area contributed by atoms with E-state index in [4.69, 9.17) is 9.25 Å². The summed E-state index contributed by atoms with van der Waals surface area (Å²) in [7, 11) is 0. The van der Waals surface area contributed by atoms with Gasteiger partial charge in [0.15, 0.2) is 0 Å². The van der Waals surface area contributed by atoms with E-state index in [1.807, 2.05) is 6.07 Å². The molecule has 3 rings (SSSR count). The van der Waals surface area contributed by atoms with Crippen LogP contribution in [-0.2, 0) is 9.63 Å². The van der Waals surface area contributed by atoms with E-state index in [1.54, 1.807) is 17.4 Å². The maximum absolute atomic E-state index is 11.5. The van der Waals surface area contributed by atoms with Crippen molar-refractivity contribution in [2.24, 2.45) is 5.16 Å². The minimum atomic E-state index is -0.222. The quantitative estimate of drug-likeness (QED) is 0.756. The molecular formula is C11H12N2O3. The second-order valence-electron chi connectivity index (χ2n) is 4.00. The number of rotatable bonds is 2. The topological polar surface area (TPSA) is 55.0 Å². The summed E-state index contributed by atoms with van der Waals surface area (Å²) in [4.78, 5) is 18.6. The highest BCUT2D eigenvalue weighted by Crippen LogP contribution is 2.23. The largest absolute Gasteiger partial charge is 0.472 e. The number of amides is 1. The van der Waals surface area contributed by atoms with Gasteiger partial charge in [-0.2, -0.15) is 0 Å². The standard InChI is InChI=1S/C11H12N2O3/c14-10-2-1-4-13(10)11-6-9(12-16-11)8-3-5-15-7-8/h3,5,7,11H,1-2,4,6H2. The molecule has 0 aliphatic carbocycles. The highest BCUT2D eigenvalue weighted by molar-refractivity contribution is 6.01. The number of carbonyl (C=O) groups excluding carboxylic acids is 1. The molecule has 2 aliphatic rings. The zero-order chi connectivity index (χ0) is 11.0. The number of nitrogens with zero attached hydrogens (tertiary/aromatic N) is 2. The second kappa shape index (κ2) is 3.66. The van der Waals surface area contributed by atoms with E-state index in [1.165, 1.54) is 0 Å². The fraction of sp³-hybridized carbons (Fsp3) is 0.455. The van der Waals surface area contributed by atoms with Gasteiger partial charge in [-0.05, 0) is 12.5 Å². The lowest BCUT2D eigenvalue weighted by Gasteiger charge is -2.20. The van der Waals surface area contributed by atoms with Gasteiger partial charge in [-0.1, -0.05) is 5.16 Å². The lowest BCUT2D eigenvalue weighted by Crippen LogP contribution is -2.36. The molecule has 1 saturated heterocycles. The molecule has 1 amide bonds. The number of furan rings is 1. The Bertz CT molecular complexity index is 424. The Morgan fingerprint density at radius 2 is 2.44 bits per heavy atom. The highest BCUT2D eigenvalue weighted by Gasteiger charge is 2.34. The van der Waals surface area contributed by atoms with Crippen LogP contribution in [0.3, 0.4) is 0 Å². The first kappa shape index (κ1) is 9.45. The van der Waals surface area contributed by atoms with E-state index in [0.29, 0.717) is 12.8 Å². The molecule has 84 valence electrons. The number of hydrogen-bond donors (Lipinski definition) is 0. The first-order chi connectivity index (χ1) is 7.84. The third kappa shape index (κ3) is 1.48. The molecule has 2 aliphatic heterocycles. The fourth-order valence-corrected chi connectivity index (χ4v) is 2.10. The van der Waals surface area contributed by atoms with Crippen LogP contribution in [0.25, 0.3) is 0 Å².